The number of alkyl halides is 1. The van der Waals surface area contributed by atoms with E-state index in [0.29, 0.717) is 17.2 Å². The van der Waals surface area contributed by atoms with Crippen LogP contribution in [0.2, 0.25) is 0 Å². The summed E-state index contributed by atoms with van der Waals surface area (Å²) in [6.07, 6.45) is 4.95. The smallest absolute Gasteiger partial charge is 0.338 e. The third-order valence-corrected chi connectivity index (χ3v) is 6.67. The zero-order chi connectivity index (χ0) is 29.1. The van der Waals surface area contributed by atoms with Gasteiger partial charge in [0.15, 0.2) is 0 Å². The fraction of sp³-hybridized carbons (Fsp3) is 0.216. The van der Waals surface area contributed by atoms with E-state index in [0.717, 1.165) is 34.2 Å². The van der Waals surface area contributed by atoms with Crippen LogP contribution in [0.4, 0.5) is 0 Å². The Morgan fingerprint density at radius 1 is 0.707 bits per heavy atom. The number of halogens is 1. The molecule has 0 atom stereocenters. The van der Waals surface area contributed by atoms with E-state index >= 15 is 0 Å². The zero-order valence-electron chi connectivity index (χ0n) is 24.0. The molecule has 0 bridgehead atoms. The number of allylic oxidation sites excluding steroid dienone is 2. The number of benzene rings is 4. The molecule has 4 aromatic carbocycles. The number of hydrogen-bond acceptors (Lipinski definition) is 3. The summed E-state index contributed by atoms with van der Waals surface area (Å²) in [5.74, 6) is 0.880. The van der Waals surface area contributed by atoms with Gasteiger partial charge in [-0.05, 0) is 69.5 Å². The fourth-order valence-corrected chi connectivity index (χ4v) is 4.63. The number of ether oxygens (including phenoxy) is 2. The average Bonchev–Trinajstić information content (AvgIpc) is 2.99. The Hall–Kier alpha value is -4.08. The van der Waals surface area contributed by atoms with Crippen LogP contribution in [0.3, 0.4) is 0 Å². The van der Waals surface area contributed by atoms with E-state index in [1.54, 1.807) is 12.1 Å². The van der Waals surface area contributed by atoms with Gasteiger partial charge in [0.2, 0.25) is 0 Å². The second-order valence-corrected chi connectivity index (χ2v) is 11.2. The Labute approximate surface area is 249 Å². The van der Waals surface area contributed by atoms with Gasteiger partial charge in [-0.15, -0.1) is 11.6 Å². The Morgan fingerprint density at radius 2 is 1.27 bits per heavy atom. The fourth-order valence-electron chi connectivity index (χ4n) is 4.44. The van der Waals surface area contributed by atoms with Crippen LogP contribution in [-0.4, -0.2) is 25.1 Å². The van der Waals surface area contributed by atoms with Crippen molar-refractivity contribution in [3.8, 4) is 5.75 Å². The molecule has 4 aromatic rings. The normalized spacial score (nSPS) is 12.2. The quantitative estimate of drug-likeness (QED) is 0.0787. The van der Waals surface area contributed by atoms with Crippen LogP contribution in [0.1, 0.15) is 59.8 Å². The molecule has 3 nitrogen and oxygen atoms in total. The van der Waals surface area contributed by atoms with E-state index in [-0.39, 0.29) is 24.6 Å². The predicted molar refractivity (Wildman–Crippen MR) is 171 cm³/mol. The van der Waals surface area contributed by atoms with Crippen molar-refractivity contribution in [3.63, 3.8) is 0 Å². The van der Waals surface area contributed by atoms with Crippen LogP contribution in [0.5, 0.6) is 5.75 Å². The van der Waals surface area contributed by atoms with Crippen molar-refractivity contribution >= 4 is 34.8 Å². The van der Waals surface area contributed by atoms with Crippen LogP contribution in [0, 0.1) is 5.41 Å². The molecule has 41 heavy (non-hydrogen) atoms. The first-order valence-corrected chi connectivity index (χ1v) is 14.5. The number of carbonyl (C=O) groups is 1. The monoisotopic (exact) mass is 564 g/mol. The highest BCUT2D eigenvalue weighted by molar-refractivity contribution is 6.18. The van der Waals surface area contributed by atoms with Crippen molar-refractivity contribution in [2.45, 2.75) is 27.2 Å². The Bertz CT molecular complexity index is 1450. The highest BCUT2D eigenvalue weighted by Gasteiger charge is 2.14. The van der Waals surface area contributed by atoms with Gasteiger partial charge in [-0.2, -0.15) is 0 Å². The molecule has 0 heterocycles. The summed E-state index contributed by atoms with van der Waals surface area (Å²) in [6, 6.07) is 36.2. The molecule has 0 aliphatic carbocycles. The third-order valence-electron chi connectivity index (χ3n) is 6.48. The molecule has 0 unspecified atom stereocenters. The van der Waals surface area contributed by atoms with Crippen LogP contribution in [-0.2, 0) is 4.74 Å². The van der Waals surface area contributed by atoms with Crippen LogP contribution in [0.15, 0.2) is 115 Å². The van der Waals surface area contributed by atoms with Crippen molar-refractivity contribution < 1.29 is 14.3 Å². The van der Waals surface area contributed by atoms with Crippen molar-refractivity contribution in [1.82, 2.24) is 0 Å². The van der Waals surface area contributed by atoms with Gasteiger partial charge in [-0.25, -0.2) is 4.79 Å². The lowest BCUT2D eigenvalue weighted by Crippen LogP contribution is -2.12. The molecule has 0 spiro atoms. The Balaban J connectivity index is 1.40. The Kier molecular flexibility index (Phi) is 10.6. The number of carbonyl (C=O) groups excluding carboxylic acids is 1. The molecular formula is C37H37ClO3. The van der Waals surface area contributed by atoms with E-state index in [9.17, 15) is 4.79 Å². The highest BCUT2D eigenvalue weighted by Crippen LogP contribution is 2.35. The van der Waals surface area contributed by atoms with E-state index < -0.39 is 0 Å². The van der Waals surface area contributed by atoms with Gasteiger partial charge < -0.3 is 9.47 Å². The minimum absolute atomic E-state index is 0.105. The molecular weight excluding hydrogens is 528 g/mol. The summed E-state index contributed by atoms with van der Waals surface area (Å²) < 4.78 is 11.3. The van der Waals surface area contributed by atoms with Gasteiger partial charge in [-0.1, -0.05) is 118 Å². The van der Waals surface area contributed by atoms with E-state index in [1.807, 2.05) is 36.4 Å². The van der Waals surface area contributed by atoms with Gasteiger partial charge in [0, 0.05) is 5.88 Å². The molecule has 0 saturated carbocycles. The van der Waals surface area contributed by atoms with Crippen molar-refractivity contribution in [2.75, 3.05) is 19.1 Å². The van der Waals surface area contributed by atoms with Crippen molar-refractivity contribution in [3.05, 3.63) is 143 Å². The van der Waals surface area contributed by atoms with Crippen molar-refractivity contribution in [1.29, 1.82) is 0 Å². The number of rotatable bonds is 11. The van der Waals surface area contributed by atoms with Crippen LogP contribution in [0.25, 0.3) is 17.2 Å². The summed E-state index contributed by atoms with van der Waals surface area (Å²) in [4.78, 5) is 12.5. The highest BCUT2D eigenvalue weighted by atomic mass is 35.5. The molecule has 0 fully saturated rings. The second kappa shape index (κ2) is 14.5. The molecule has 4 rings (SSSR count). The summed E-state index contributed by atoms with van der Waals surface area (Å²) in [6.45, 7) is 6.87. The average molecular weight is 565 g/mol. The molecule has 0 saturated heterocycles. The first-order chi connectivity index (χ1) is 19.8. The molecule has 0 radical (unpaired) electrons. The summed E-state index contributed by atoms with van der Waals surface area (Å²) >= 11 is 6.26. The van der Waals surface area contributed by atoms with Crippen LogP contribution < -0.4 is 4.74 Å². The molecule has 0 aliphatic rings. The molecule has 0 amide bonds. The lowest BCUT2D eigenvalue weighted by atomic mass is 9.88. The van der Waals surface area contributed by atoms with E-state index in [1.165, 1.54) is 5.57 Å². The molecule has 4 heteroatoms. The van der Waals surface area contributed by atoms with Crippen molar-refractivity contribution in [2.24, 2.45) is 5.41 Å². The molecule has 210 valence electrons. The first-order valence-electron chi connectivity index (χ1n) is 13.9. The molecule has 0 N–H and O–H groups in total. The van der Waals surface area contributed by atoms with E-state index in [4.69, 9.17) is 21.1 Å². The van der Waals surface area contributed by atoms with Gasteiger partial charge >= 0.3 is 5.97 Å². The Morgan fingerprint density at radius 3 is 1.85 bits per heavy atom. The topological polar surface area (TPSA) is 35.5 Å². The SMILES string of the molecule is CC(C)(C)/C=C/c1ccc(C(=O)OCCOc2ccc(/C(=C(/CCCl)c3ccccc3)c3ccccc3)cc2)cc1. The second-order valence-electron chi connectivity index (χ2n) is 10.9. The minimum atomic E-state index is -0.360. The van der Waals surface area contributed by atoms with Gasteiger partial charge in [0.1, 0.15) is 19.0 Å². The molecule has 0 aromatic heterocycles. The zero-order valence-corrected chi connectivity index (χ0v) is 24.7. The third kappa shape index (κ3) is 8.96. The number of hydrogen-bond donors (Lipinski definition) is 0. The molecule has 0 aliphatic heterocycles. The van der Waals surface area contributed by atoms with Gasteiger partial charge in [-0.3, -0.25) is 0 Å². The van der Waals surface area contributed by atoms with Gasteiger partial charge in [0.25, 0.3) is 0 Å². The first kappa shape index (κ1) is 29.9. The number of esters is 1. The largest absolute Gasteiger partial charge is 0.490 e. The van der Waals surface area contributed by atoms with E-state index in [2.05, 4.69) is 93.6 Å². The minimum Gasteiger partial charge on any atom is -0.490 e. The summed E-state index contributed by atoms with van der Waals surface area (Å²) in [7, 11) is 0. The maximum atomic E-state index is 12.5. The van der Waals surface area contributed by atoms with Crippen LogP contribution >= 0.6 is 11.6 Å². The summed E-state index contributed by atoms with van der Waals surface area (Å²) in [5.41, 5.74) is 7.40. The van der Waals surface area contributed by atoms with Gasteiger partial charge in [0.05, 0.1) is 5.56 Å². The maximum absolute atomic E-state index is 12.5. The predicted octanol–water partition coefficient (Wildman–Crippen LogP) is 9.57. The summed E-state index contributed by atoms with van der Waals surface area (Å²) in [5, 5.41) is 0. The lowest BCUT2D eigenvalue weighted by Gasteiger charge is -2.17. The standard InChI is InChI=1S/C37H37ClO3/c1-37(2,3)24-22-28-14-16-32(17-15-28)36(39)41-27-26-40-33-20-18-31(19-21-33)35(30-12-8-5-9-13-30)34(23-25-38)29-10-6-4-7-11-29/h4-22,24H,23,25-27H2,1-3H3/b24-22+,35-34-. The lowest BCUT2D eigenvalue weighted by molar-refractivity contribution is 0.0450. The maximum Gasteiger partial charge on any atom is 0.338 e.